The van der Waals surface area contributed by atoms with Crippen molar-refractivity contribution in [1.82, 2.24) is 5.32 Å². The molecule has 0 fully saturated rings. The largest absolute Gasteiger partial charge is 0.370 e. The van der Waals surface area contributed by atoms with Gasteiger partial charge in [0.15, 0.2) is 5.96 Å². The molecular formula is C9H19N3. The van der Waals surface area contributed by atoms with E-state index in [-0.39, 0.29) is 5.96 Å². The molecule has 0 rings (SSSR count). The van der Waals surface area contributed by atoms with Crippen LogP contribution < -0.4 is 11.1 Å². The van der Waals surface area contributed by atoms with E-state index in [1.54, 1.807) is 6.20 Å². The Morgan fingerprint density at radius 3 is 2.50 bits per heavy atom. The molecule has 0 saturated heterocycles. The predicted molar refractivity (Wildman–Crippen MR) is 52.9 cm³/mol. The van der Waals surface area contributed by atoms with Crippen LogP contribution in [0.1, 0.15) is 33.6 Å². The maximum Gasteiger partial charge on any atom is 0.189 e. The SMILES string of the molecule is CC(C)(C)CC/C=C/NC(=N)N. The molecule has 70 valence electrons. The second kappa shape index (κ2) is 4.80. The summed E-state index contributed by atoms with van der Waals surface area (Å²) in [7, 11) is 0. The number of guanidine groups is 1. The Kier molecular flexibility index (Phi) is 4.40. The van der Waals surface area contributed by atoms with E-state index >= 15 is 0 Å². The average Bonchev–Trinajstić information content (AvgIpc) is 1.83. The van der Waals surface area contributed by atoms with Crippen LogP contribution in [0.4, 0.5) is 0 Å². The molecule has 0 amide bonds. The maximum atomic E-state index is 6.87. The number of hydrogen-bond acceptors (Lipinski definition) is 1. The van der Waals surface area contributed by atoms with Crippen molar-refractivity contribution in [2.75, 3.05) is 0 Å². The van der Waals surface area contributed by atoms with Gasteiger partial charge in [-0.1, -0.05) is 26.8 Å². The van der Waals surface area contributed by atoms with E-state index in [0.717, 1.165) is 12.8 Å². The Bertz CT molecular complexity index is 165. The van der Waals surface area contributed by atoms with Crippen LogP contribution >= 0.6 is 0 Å². The smallest absolute Gasteiger partial charge is 0.189 e. The van der Waals surface area contributed by atoms with E-state index < -0.39 is 0 Å². The molecule has 0 aromatic heterocycles. The van der Waals surface area contributed by atoms with Gasteiger partial charge in [-0.25, -0.2) is 0 Å². The lowest BCUT2D eigenvalue weighted by Crippen LogP contribution is -2.25. The lowest BCUT2D eigenvalue weighted by molar-refractivity contribution is 0.381. The number of nitrogens with two attached hydrogens (primary N) is 1. The third kappa shape index (κ3) is 9.01. The van der Waals surface area contributed by atoms with E-state index in [1.807, 2.05) is 6.08 Å². The van der Waals surface area contributed by atoms with Gasteiger partial charge in [0.05, 0.1) is 0 Å². The summed E-state index contributed by atoms with van der Waals surface area (Å²) in [6.45, 7) is 6.62. The van der Waals surface area contributed by atoms with E-state index in [2.05, 4.69) is 26.1 Å². The molecule has 0 heterocycles. The Labute approximate surface area is 74.5 Å². The molecule has 0 aliphatic carbocycles. The Hall–Kier alpha value is -0.990. The van der Waals surface area contributed by atoms with Crippen molar-refractivity contribution in [2.24, 2.45) is 11.1 Å². The third-order valence-electron chi connectivity index (χ3n) is 1.42. The van der Waals surface area contributed by atoms with Crippen molar-refractivity contribution < 1.29 is 0 Å². The zero-order chi connectivity index (χ0) is 9.61. The third-order valence-corrected chi connectivity index (χ3v) is 1.42. The average molecular weight is 169 g/mol. The van der Waals surface area contributed by atoms with Crippen LogP contribution in [-0.4, -0.2) is 5.96 Å². The number of hydrogen-bond donors (Lipinski definition) is 3. The van der Waals surface area contributed by atoms with Gasteiger partial charge < -0.3 is 11.1 Å². The first-order valence-electron chi connectivity index (χ1n) is 4.17. The molecule has 0 saturated carbocycles. The van der Waals surface area contributed by atoms with Gasteiger partial charge in [-0.3, -0.25) is 5.41 Å². The molecule has 4 N–H and O–H groups in total. The highest BCUT2D eigenvalue weighted by atomic mass is 15.0. The van der Waals surface area contributed by atoms with Crippen molar-refractivity contribution in [1.29, 1.82) is 5.41 Å². The first kappa shape index (κ1) is 11.0. The second-order valence-electron chi connectivity index (χ2n) is 4.06. The van der Waals surface area contributed by atoms with Crippen molar-refractivity contribution in [3.63, 3.8) is 0 Å². The lowest BCUT2D eigenvalue weighted by Gasteiger charge is -2.15. The number of allylic oxidation sites excluding steroid dienone is 1. The fraction of sp³-hybridized carbons (Fsp3) is 0.667. The van der Waals surface area contributed by atoms with Gasteiger partial charge in [0.25, 0.3) is 0 Å². The molecule has 0 bridgehead atoms. The molecule has 0 aliphatic rings. The highest BCUT2D eigenvalue weighted by molar-refractivity contribution is 5.75. The van der Waals surface area contributed by atoms with Crippen LogP contribution in [0.15, 0.2) is 12.3 Å². The van der Waals surface area contributed by atoms with Gasteiger partial charge in [0.1, 0.15) is 0 Å². The zero-order valence-corrected chi connectivity index (χ0v) is 8.15. The lowest BCUT2D eigenvalue weighted by atomic mass is 9.91. The van der Waals surface area contributed by atoms with Gasteiger partial charge in [-0.2, -0.15) is 0 Å². The molecule has 0 radical (unpaired) electrons. The van der Waals surface area contributed by atoms with E-state index in [0.29, 0.717) is 5.41 Å². The topological polar surface area (TPSA) is 61.9 Å². The van der Waals surface area contributed by atoms with Gasteiger partial charge in [-0.15, -0.1) is 0 Å². The molecule has 0 unspecified atom stereocenters. The monoisotopic (exact) mass is 169 g/mol. The molecule has 0 aromatic rings. The highest BCUT2D eigenvalue weighted by Gasteiger charge is 2.07. The molecule has 0 aliphatic heterocycles. The van der Waals surface area contributed by atoms with Crippen LogP contribution in [0.2, 0.25) is 0 Å². The van der Waals surface area contributed by atoms with Crippen LogP contribution in [-0.2, 0) is 0 Å². The normalized spacial score (nSPS) is 11.9. The molecule has 0 spiro atoms. The van der Waals surface area contributed by atoms with Crippen molar-refractivity contribution in [2.45, 2.75) is 33.6 Å². The van der Waals surface area contributed by atoms with Crippen LogP contribution in [0, 0.1) is 10.8 Å². The summed E-state index contributed by atoms with van der Waals surface area (Å²) in [6, 6.07) is 0. The van der Waals surface area contributed by atoms with Crippen molar-refractivity contribution >= 4 is 5.96 Å². The molecule has 12 heavy (non-hydrogen) atoms. The predicted octanol–water partition coefficient (Wildman–Crippen LogP) is 1.81. The summed E-state index contributed by atoms with van der Waals surface area (Å²) >= 11 is 0. The molecule has 3 nitrogen and oxygen atoms in total. The van der Waals surface area contributed by atoms with Gasteiger partial charge >= 0.3 is 0 Å². The van der Waals surface area contributed by atoms with Crippen LogP contribution in [0.5, 0.6) is 0 Å². The van der Waals surface area contributed by atoms with E-state index in [1.165, 1.54) is 0 Å². The fourth-order valence-electron chi connectivity index (χ4n) is 0.748. The fourth-order valence-corrected chi connectivity index (χ4v) is 0.748. The minimum Gasteiger partial charge on any atom is -0.370 e. The summed E-state index contributed by atoms with van der Waals surface area (Å²) in [4.78, 5) is 0. The Morgan fingerprint density at radius 2 is 2.08 bits per heavy atom. The number of nitrogens with one attached hydrogen (secondary N) is 2. The summed E-state index contributed by atoms with van der Waals surface area (Å²) in [5.41, 5.74) is 5.46. The minimum absolute atomic E-state index is 0.0120. The molecule has 0 atom stereocenters. The van der Waals surface area contributed by atoms with Gasteiger partial charge in [-0.05, 0) is 24.5 Å². The minimum atomic E-state index is -0.0120. The van der Waals surface area contributed by atoms with Gasteiger partial charge in [0.2, 0.25) is 0 Å². The zero-order valence-electron chi connectivity index (χ0n) is 8.15. The molecular weight excluding hydrogens is 150 g/mol. The maximum absolute atomic E-state index is 6.87. The second-order valence-corrected chi connectivity index (χ2v) is 4.06. The summed E-state index contributed by atoms with van der Waals surface area (Å²) in [6.07, 6.45) is 5.87. The molecule has 3 heteroatoms. The number of rotatable bonds is 3. The highest BCUT2D eigenvalue weighted by Crippen LogP contribution is 2.20. The van der Waals surface area contributed by atoms with E-state index in [9.17, 15) is 0 Å². The van der Waals surface area contributed by atoms with Crippen molar-refractivity contribution in [3.8, 4) is 0 Å². The first-order chi connectivity index (χ1) is 5.42. The molecule has 0 aromatic carbocycles. The Balaban J connectivity index is 3.43. The van der Waals surface area contributed by atoms with Crippen LogP contribution in [0.25, 0.3) is 0 Å². The standard InChI is InChI=1S/C9H19N3/c1-9(2,3)6-4-5-7-12-8(10)11/h5,7H,4,6H2,1-3H3,(H4,10,11,12)/b7-5+. The summed E-state index contributed by atoms with van der Waals surface area (Å²) < 4.78 is 0. The first-order valence-corrected chi connectivity index (χ1v) is 4.17. The van der Waals surface area contributed by atoms with Crippen molar-refractivity contribution in [3.05, 3.63) is 12.3 Å². The Morgan fingerprint density at radius 1 is 1.50 bits per heavy atom. The van der Waals surface area contributed by atoms with E-state index in [4.69, 9.17) is 11.1 Å². The van der Waals surface area contributed by atoms with Crippen LogP contribution in [0.3, 0.4) is 0 Å². The van der Waals surface area contributed by atoms with Gasteiger partial charge in [0, 0.05) is 0 Å². The quantitative estimate of drug-likeness (QED) is 0.445. The summed E-state index contributed by atoms with van der Waals surface area (Å²) in [5, 5.41) is 9.48. The summed E-state index contributed by atoms with van der Waals surface area (Å²) in [5.74, 6) is -0.0120.